The average molecular weight is 461 g/mol. The van der Waals surface area contributed by atoms with Crippen LogP contribution in [-0.4, -0.2) is 45.0 Å². The molecule has 162 valence electrons. The zero-order valence-corrected chi connectivity index (χ0v) is 17.0. The quantitative estimate of drug-likeness (QED) is 0.468. The molecule has 0 amide bonds. The van der Waals surface area contributed by atoms with Gasteiger partial charge in [0.2, 0.25) is 10.0 Å². The van der Waals surface area contributed by atoms with Gasteiger partial charge in [-0.1, -0.05) is 12.1 Å². The molecule has 2 aromatic heterocycles. The minimum Gasteiger partial charge on any atom is -0.336 e. The fourth-order valence-corrected chi connectivity index (χ4v) is 6.54. The van der Waals surface area contributed by atoms with Gasteiger partial charge in [0.25, 0.3) is 0 Å². The number of aromatic amines is 1. The van der Waals surface area contributed by atoms with Gasteiger partial charge in [-0.15, -0.1) is 0 Å². The minimum atomic E-state index is -4.54. The van der Waals surface area contributed by atoms with Crippen molar-refractivity contribution in [1.29, 1.82) is 0 Å². The zero-order valence-electron chi connectivity index (χ0n) is 15.3. The van der Waals surface area contributed by atoms with E-state index in [2.05, 4.69) is 14.7 Å². The van der Waals surface area contributed by atoms with Crippen molar-refractivity contribution in [3.8, 4) is 11.1 Å². The summed E-state index contributed by atoms with van der Waals surface area (Å²) in [5.41, 5.74) is 0.180. The van der Waals surface area contributed by atoms with Crippen LogP contribution in [0, 0.1) is 0 Å². The van der Waals surface area contributed by atoms with E-state index in [0.29, 0.717) is 17.5 Å². The van der Waals surface area contributed by atoms with E-state index in [1.807, 2.05) is 0 Å². The van der Waals surface area contributed by atoms with Crippen LogP contribution in [0.3, 0.4) is 0 Å². The molecular weight excluding hydrogens is 443 g/mol. The highest BCUT2D eigenvalue weighted by Crippen LogP contribution is 2.46. The first-order valence-corrected chi connectivity index (χ1v) is 12.2. The second-order valence-corrected chi connectivity index (χ2v) is 11.2. The second kappa shape index (κ2) is 7.24. The molecule has 30 heavy (non-hydrogen) atoms. The Hall–Kier alpha value is -2.12. The molecule has 3 heterocycles. The van der Waals surface area contributed by atoms with Crippen molar-refractivity contribution in [2.24, 2.45) is 0 Å². The summed E-state index contributed by atoms with van der Waals surface area (Å²) in [6.45, 7) is 0. The Morgan fingerprint density at radius 3 is 2.47 bits per heavy atom. The summed E-state index contributed by atoms with van der Waals surface area (Å²) in [4.78, 5) is 6.15. The maximum atomic E-state index is 13.0. The van der Waals surface area contributed by atoms with Gasteiger partial charge in [0, 0.05) is 23.4 Å². The Morgan fingerprint density at radius 1 is 1.17 bits per heavy atom. The van der Waals surface area contributed by atoms with E-state index in [1.54, 1.807) is 6.07 Å². The van der Waals surface area contributed by atoms with Gasteiger partial charge >= 0.3 is 6.18 Å². The standard InChI is InChI=1S/C18H18F3N3O4S2/c19-18(20,21)16-9-15-14(5-7-22-17(15)23-16)11-1-3-13(4-2-11)30(27,28)24-12-6-8-29(25,26)10-12/h1-5,7,9,12,24-26H,6,8,10H2,(H,22,23). The largest absolute Gasteiger partial charge is 0.431 e. The second-order valence-electron chi connectivity index (χ2n) is 7.11. The highest BCUT2D eigenvalue weighted by atomic mass is 32.3. The van der Waals surface area contributed by atoms with Crippen molar-refractivity contribution < 1.29 is 30.7 Å². The number of sulfonamides is 1. The van der Waals surface area contributed by atoms with Crippen molar-refractivity contribution in [1.82, 2.24) is 14.7 Å². The average Bonchev–Trinajstić information content (AvgIpc) is 3.24. The third-order valence-corrected chi connectivity index (χ3v) is 8.26. The fourth-order valence-electron chi connectivity index (χ4n) is 3.45. The molecule has 4 N–H and O–H groups in total. The van der Waals surface area contributed by atoms with Crippen LogP contribution in [0.4, 0.5) is 13.2 Å². The van der Waals surface area contributed by atoms with Crippen LogP contribution in [0.15, 0.2) is 47.5 Å². The van der Waals surface area contributed by atoms with Crippen molar-refractivity contribution in [3.63, 3.8) is 0 Å². The number of aromatic nitrogens is 2. The fraction of sp³-hybridized carbons (Fsp3) is 0.278. The molecule has 0 spiro atoms. The van der Waals surface area contributed by atoms with Crippen LogP contribution in [-0.2, 0) is 16.2 Å². The smallest absolute Gasteiger partial charge is 0.336 e. The van der Waals surface area contributed by atoms with Crippen molar-refractivity contribution >= 4 is 31.6 Å². The van der Waals surface area contributed by atoms with E-state index in [9.17, 15) is 30.7 Å². The van der Waals surface area contributed by atoms with Gasteiger partial charge in [-0.05, 0) is 41.8 Å². The summed E-state index contributed by atoms with van der Waals surface area (Å²) >= 11 is 0. The maximum Gasteiger partial charge on any atom is 0.431 e. The highest BCUT2D eigenvalue weighted by molar-refractivity contribution is 8.24. The lowest BCUT2D eigenvalue weighted by atomic mass is 10.0. The Morgan fingerprint density at radius 2 is 1.87 bits per heavy atom. The van der Waals surface area contributed by atoms with Gasteiger partial charge in [0.15, 0.2) is 0 Å². The summed E-state index contributed by atoms with van der Waals surface area (Å²) in [5.74, 6) is 0.141. The number of pyridine rings is 1. The Balaban J connectivity index is 1.62. The number of fused-ring (bicyclic) bond motifs is 1. The predicted octanol–water partition coefficient (Wildman–Crippen LogP) is 4.05. The molecule has 0 bridgehead atoms. The molecule has 1 atom stereocenters. The molecule has 12 heteroatoms. The predicted molar refractivity (Wildman–Crippen MR) is 108 cm³/mol. The molecular formula is C18H18F3N3O4S2. The molecule has 4 rings (SSSR count). The lowest BCUT2D eigenvalue weighted by molar-refractivity contribution is -0.140. The van der Waals surface area contributed by atoms with E-state index < -0.39 is 38.5 Å². The van der Waals surface area contributed by atoms with Crippen LogP contribution in [0.25, 0.3) is 22.2 Å². The molecule has 1 aliphatic heterocycles. The normalized spacial score (nSPS) is 20.5. The Kier molecular flexibility index (Phi) is 5.10. The van der Waals surface area contributed by atoms with Gasteiger partial charge in [0.1, 0.15) is 11.3 Å². The van der Waals surface area contributed by atoms with Crippen LogP contribution in [0.1, 0.15) is 12.1 Å². The van der Waals surface area contributed by atoms with Crippen molar-refractivity contribution in [2.75, 3.05) is 11.5 Å². The topological polar surface area (TPSA) is 115 Å². The number of benzene rings is 1. The van der Waals surface area contributed by atoms with Gasteiger partial charge in [0.05, 0.1) is 10.6 Å². The third kappa shape index (κ3) is 4.18. The first-order valence-electron chi connectivity index (χ1n) is 8.86. The van der Waals surface area contributed by atoms with Gasteiger partial charge in [-0.25, -0.2) is 18.1 Å². The zero-order chi connectivity index (χ0) is 21.7. The number of H-pyrrole nitrogens is 1. The van der Waals surface area contributed by atoms with E-state index in [-0.39, 0.29) is 27.4 Å². The molecule has 1 unspecified atom stereocenters. The lowest BCUT2D eigenvalue weighted by Crippen LogP contribution is -2.35. The van der Waals surface area contributed by atoms with Crippen LogP contribution in [0.5, 0.6) is 0 Å². The number of rotatable bonds is 4. The van der Waals surface area contributed by atoms with Crippen molar-refractivity contribution in [3.05, 3.63) is 48.3 Å². The first-order chi connectivity index (χ1) is 13.9. The molecule has 7 nitrogen and oxygen atoms in total. The van der Waals surface area contributed by atoms with Gasteiger partial charge in [-0.3, -0.25) is 9.11 Å². The molecule has 1 aliphatic rings. The molecule has 1 fully saturated rings. The number of hydrogen-bond donors (Lipinski definition) is 4. The molecule has 3 aromatic rings. The molecule has 0 aliphatic carbocycles. The number of hydrogen-bond acceptors (Lipinski definition) is 5. The summed E-state index contributed by atoms with van der Waals surface area (Å²) in [7, 11) is -6.61. The summed E-state index contributed by atoms with van der Waals surface area (Å²) in [5, 5.41) is 0.273. The lowest BCUT2D eigenvalue weighted by Gasteiger charge is -2.26. The molecule has 1 aromatic carbocycles. The van der Waals surface area contributed by atoms with E-state index in [0.717, 1.165) is 6.07 Å². The molecule has 0 saturated carbocycles. The van der Waals surface area contributed by atoms with E-state index in [1.165, 1.54) is 30.5 Å². The number of nitrogens with zero attached hydrogens (tertiary/aromatic N) is 1. The Bertz CT molecular complexity index is 1190. The number of halogens is 3. The van der Waals surface area contributed by atoms with E-state index >= 15 is 0 Å². The number of nitrogens with one attached hydrogen (secondary N) is 2. The van der Waals surface area contributed by atoms with Gasteiger partial charge < -0.3 is 4.98 Å². The van der Waals surface area contributed by atoms with Crippen molar-refractivity contribution in [2.45, 2.75) is 23.5 Å². The summed E-state index contributed by atoms with van der Waals surface area (Å²) < 4.78 is 85.9. The summed E-state index contributed by atoms with van der Waals surface area (Å²) in [6, 6.07) is 7.70. The highest BCUT2D eigenvalue weighted by Gasteiger charge is 2.33. The summed E-state index contributed by atoms with van der Waals surface area (Å²) in [6.07, 6.45) is -2.83. The maximum absolute atomic E-state index is 13.0. The molecule has 0 radical (unpaired) electrons. The SMILES string of the molecule is O=S(=O)(NC1CCS(O)(O)C1)c1ccc(-c2ccnc3[nH]c(C(F)(F)F)cc23)cc1. The number of alkyl halides is 3. The monoisotopic (exact) mass is 461 g/mol. The third-order valence-electron chi connectivity index (χ3n) is 4.90. The van der Waals surface area contributed by atoms with Crippen LogP contribution < -0.4 is 4.72 Å². The van der Waals surface area contributed by atoms with Crippen LogP contribution in [0.2, 0.25) is 0 Å². The van der Waals surface area contributed by atoms with Gasteiger partial charge in [-0.2, -0.15) is 23.8 Å². The Labute approximate surface area is 171 Å². The van der Waals surface area contributed by atoms with E-state index in [4.69, 9.17) is 0 Å². The van der Waals surface area contributed by atoms with Crippen LogP contribution >= 0.6 is 10.6 Å². The molecule has 1 saturated heterocycles. The first kappa shape index (κ1) is 21.1. The minimum absolute atomic E-state index is 0.0195.